The molecule has 0 fully saturated rings. The summed E-state index contributed by atoms with van der Waals surface area (Å²) in [5.41, 5.74) is -1.89. The first-order chi connectivity index (χ1) is 6.73. The second-order valence-electron chi connectivity index (χ2n) is 3.88. The molecule has 0 amide bonds. The molecule has 15 heavy (non-hydrogen) atoms. The van der Waals surface area contributed by atoms with Crippen LogP contribution in [0.4, 0.5) is 8.78 Å². The lowest BCUT2D eigenvalue weighted by atomic mass is 9.97. The van der Waals surface area contributed by atoms with Gasteiger partial charge >= 0.3 is 0 Å². The van der Waals surface area contributed by atoms with Gasteiger partial charge in [0.25, 0.3) is 0 Å². The Morgan fingerprint density at radius 3 is 2.40 bits per heavy atom. The summed E-state index contributed by atoms with van der Waals surface area (Å²) in [4.78, 5) is 11.5. The van der Waals surface area contributed by atoms with E-state index < -0.39 is 17.3 Å². The molecule has 1 aromatic rings. The number of alkyl halides is 1. The molecule has 0 N–H and O–H groups in total. The van der Waals surface area contributed by atoms with Gasteiger partial charge in [0.1, 0.15) is 5.82 Å². The molecule has 0 aromatic heterocycles. The largest absolute Gasteiger partial charge is 0.290 e. The molecule has 0 atom stereocenters. The minimum absolute atomic E-state index is 0.254. The van der Waals surface area contributed by atoms with Gasteiger partial charge in [-0.1, -0.05) is 11.6 Å². The van der Waals surface area contributed by atoms with Crippen LogP contribution in [-0.4, -0.2) is 11.5 Å². The van der Waals surface area contributed by atoms with E-state index in [1.165, 1.54) is 0 Å². The topological polar surface area (TPSA) is 17.1 Å². The molecule has 0 aliphatic rings. The molecule has 0 heterocycles. The normalized spacial score (nSPS) is 11.6. The number of hydrogen-bond donors (Lipinski definition) is 0. The van der Waals surface area contributed by atoms with Crippen LogP contribution in [0.25, 0.3) is 0 Å². The van der Waals surface area contributed by atoms with E-state index in [0.717, 1.165) is 26.0 Å². The Labute approximate surface area is 92.1 Å². The van der Waals surface area contributed by atoms with Crippen molar-refractivity contribution in [1.29, 1.82) is 0 Å². The molecule has 0 spiro atoms. The van der Waals surface area contributed by atoms with E-state index in [1.807, 2.05) is 0 Å². The van der Waals surface area contributed by atoms with Crippen LogP contribution in [0, 0.1) is 12.7 Å². The van der Waals surface area contributed by atoms with Crippen LogP contribution in [0.15, 0.2) is 12.1 Å². The van der Waals surface area contributed by atoms with Gasteiger partial charge in [0.15, 0.2) is 5.67 Å². The van der Waals surface area contributed by atoms with E-state index in [1.54, 1.807) is 6.92 Å². The highest BCUT2D eigenvalue weighted by atomic mass is 35.5. The molecule has 82 valence electrons. The summed E-state index contributed by atoms with van der Waals surface area (Å²) in [5.74, 6) is -1.64. The van der Waals surface area contributed by atoms with Gasteiger partial charge in [0.05, 0.1) is 5.56 Å². The van der Waals surface area contributed by atoms with Gasteiger partial charge in [-0.25, -0.2) is 8.78 Å². The van der Waals surface area contributed by atoms with Gasteiger partial charge in [-0.3, -0.25) is 4.79 Å². The summed E-state index contributed by atoms with van der Waals surface area (Å²) in [7, 11) is 0. The third-order valence-electron chi connectivity index (χ3n) is 2.03. The summed E-state index contributed by atoms with van der Waals surface area (Å²) in [6.45, 7) is 3.78. The Morgan fingerprint density at radius 2 is 1.93 bits per heavy atom. The Bertz CT molecular complexity index is 408. The van der Waals surface area contributed by atoms with E-state index in [9.17, 15) is 13.6 Å². The van der Waals surface area contributed by atoms with Crippen molar-refractivity contribution in [2.45, 2.75) is 26.4 Å². The molecular formula is C11H11ClF2O. The standard InChI is InChI=1S/C11H11ClF2O/c1-6-4-9(13)7(5-8(6)12)10(15)11(2,3)14/h4-5H,1-3H3. The second kappa shape index (κ2) is 3.89. The van der Waals surface area contributed by atoms with Gasteiger partial charge in [0.2, 0.25) is 5.78 Å². The Hall–Kier alpha value is -0.960. The maximum Gasteiger partial charge on any atom is 0.202 e. The Morgan fingerprint density at radius 1 is 1.40 bits per heavy atom. The fourth-order valence-electron chi connectivity index (χ4n) is 1.14. The zero-order valence-electron chi connectivity index (χ0n) is 8.70. The molecule has 0 aliphatic heterocycles. The summed E-state index contributed by atoms with van der Waals surface area (Å²) < 4.78 is 26.7. The number of rotatable bonds is 2. The highest BCUT2D eigenvalue weighted by Crippen LogP contribution is 2.24. The first-order valence-electron chi connectivity index (χ1n) is 4.43. The van der Waals surface area contributed by atoms with Crippen molar-refractivity contribution in [3.05, 3.63) is 34.1 Å². The first kappa shape index (κ1) is 12.1. The van der Waals surface area contributed by atoms with Crippen LogP contribution in [0.2, 0.25) is 5.02 Å². The van der Waals surface area contributed by atoms with Crippen molar-refractivity contribution in [3.8, 4) is 0 Å². The summed E-state index contributed by atoms with van der Waals surface area (Å²) in [6.07, 6.45) is 0. The Kier molecular flexibility index (Phi) is 3.14. The highest BCUT2D eigenvalue weighted by Gasteiger charge is 2.30. The number of Topliss-reactive ketones (excluding diaryl/α,β-unsaturated/α-hetero) is 1. The number of carbonyl (C=O) groups is 1. The third-order valence-corrected chi connectivity index (χ3v) is 2.44. The van der Waals surface area contributed by atoms with Crippen LogP contribution in [0.3, 0.4) is 0 Å². The molecule has 1 rings (SSSR count). The lowest BCUT2D eigenvalue weighted by Gasteiger charge is -2.13. The van der Waals surface area contributed by atoms with Gasteiger partial charge < -0.3 is 0 Å². The molecule has 0 saturated heterocycles. The van der Waals surface area contributed by atoms with E-state index in [0.29, 0.717) is 5.56 Å². The molecule has 0 unspecified atom stereocenters. The smallest absolute Gasteiger partial charge is 0.202 e. The SMILES string of the molecule is Cc1cc(F)c(C(=O)C(C)(C)F)cc1Cl. The van der Waals surface area contributed by atoms with Gasteiger partial charge in [-0.15, -0.1) is 0 Å². The third kappa shape index (κ3) is 2.53. The van der Waals surface area contributed by atoms with Crippen molar-refractivity contribution >= 4 is 17.4 Å². The first-order valence-corrected chi connectivity index (χ1v) is 4.80. The predicted octanol–water partition coefficient (Wildman–Crippen LogP) is 3.72. The number of halogens is 3. The van der Waals surface area contributed by atoms with Crippen molar-refractivity contribution in [2.75, 3.05) is 0 Å². The molecule has 1 aromatic carbocycles. The summed E-state index contributed by atoms with van der Waals surface area (Å²) in [5, 5.41) is 0.254. The number of carbonyl (C=O) groups excluding carboxylic acids is 1. The van der Waals surface area contributed by atoms with Crippen LogP contribution in [0.5, 0.6) is 0 Å². The maximum atomic E-state index is 13.4. The lowest BCUT2D eigenvalue weighted by Crippen LogP contribution is -2.27. The molecule has 0 radical (unpaired) electrons. The number of hydrogen-bond acceptors (Lipinski definition) is 1. The van der Waals surface area contributed by atoms with Gasteiger partial charge in [-0.05, 0) is 38.5 Å². The van der Waals surface area contributed by atoms with E-state index in [-0.39, 0.29) is 10.6 Å². The lowest BCUT2D eigenvalue weighted by molar-refractivity contribution is 0.0755. The van der Waals surface area contributed by atoms with Gasteiger partial charge in [0, 0.05) is 5.02 Å². The average Bonchev–Trinajstić information content (AvgIpc) is 2.08. The van der Waals surface area contributed by atoms with Crippen LogP contribution in [0.1, 0.15) is 29.8 Å². The molecule has 0 saturated carbocycles. The zero-order chi connectivity index (χ0) is 11.8. The monoisotopic (exact) mass is 232 g/mol. The van der Waals surface area contributed by atoms with Crippen LogP contribution < -0.4 is 0 Å². The predicted molar refractivity (Wildman–Crippen MR) is 55.7 cm³/mol. The average molecular weight is 233 g/mol. The minimum Gasteiger partial charge on any atom is -0.290 e. The second-order valence-corrected chi connectivity index (χ2v) is 4.29. The van der Waals surface area contributed by atoms with Crippen LogP contribution >= 0.6 is 11.6 Å². The Balaban J connectivity index is 3.28. The highest BCUT2D eigenvalue weighted by molar-refractivity contribution is 6.31. The number of aryl methyl sites for hydroxylation is 1. The molecule has 0 aliphatic carbocycles. The number of benzene rings is 1. The van der Waals surface area contributed by atoms with Crippen molar-refractivity contribution in [3.63, 3.8) is 0 Å². The summed E-state index contributed by atoms with van der Waals surface area (Å²) in [6, 6.07) is 2.29. The zero-order valence-corrected chi connectivity index (χ0v) is 9.45. The van der Waals surface area contributed by atoms with Crippen molar-refractivity contribution < 1.29 is 13.6 Å². The van der Waals surface area contributed by atoms with E-state index >= 15 is 0 Å². The van der Waals surface area contributed by atoms with Gasteiger partial charge in [-0.2, -0.15) is 0 Å². The van der Waals surface area contributed by atoms with Crippen molar-refractivity contribution in [1.82, 2.24) is 0 Å². The maximum absolute atomic E-state index is 13.4. The molecule has 1 nitrogen and oxygen atoms in total. The molecule has 0 bridgehead atoms. The molecule has 4 heteroatoms. The quantitative estimate of drug-likeness (QED) is 0.711. The van der Waals surface area contributed by atoms with E-state index in [2.05, 4.69) is 0 Å². The molecular weight excluding hydrogens is 222 g/mol. The number of ketones is 1. The summed E-state index contributed by atoms with van der Waals surface area (Å²) >= 11 is 5.74. The minimum atomic E-state index is -2.10. The van der Waals surface area contributed by atoms with Crippen molar-refractivity contribution in [2.24, 2.45) is 0 Å². The van der Waals surface area contributed by atoms with Crippen LogP contribution in [-0.2, 0) is 0 Å². The fraction of sp³-hybridized carbons (Fsp3) is 0.364. The fourth-order valence-corrected chi connectivity index (χ4v) is 1.30. The van der Waals surface area contributed by atoms with E-state index in [4.69, 9.17) is 11.6 Å².